The molecule has 1 aliphatic rings. The predicted molar refractivity (Wildman–Crippen MR) is 87.6 cm³/mol. The Kier molecular flexibility index (Phi) is 6.56. The van der Waals surface area contributed by atoms with Crippen molar-refractivity contribution in [2.24, 2.45) is 11.8 Å². The third-order valence-electron chi connectivity index (χ3n) is 3.90. The standard InChI is InChI=1S/C17H32N2O3/c1-10(2)8-13(15(20)17(7)9-22-17)19-16(21)14(11(3)4)18-12(5)6/h10-14,18H,8-9H2,1-7H3,(H,19,21)/t13-,14-,17+/m0/s1. The van der Waals surface area contributed by atoms with Crippen LogP contribution in [0.1, 0.15) is 54.9 Å². The molecule has 3 atom stereocenters. The van der Waals surface area contributed by atoms with E-state index in [1.54, 1.807) is 6.92 Å². The van der Waals surface area contributed by atoms with Gasteiger partial charge in [-0.25, -0.2) is 0 Å². The van der Waals surface area contributed by atoms with Crippen LogP contribution in [0.5, 0.6) is 0 Å². The number of hydrogen-bond donors (Lipinski definition) is 2. The van der Waals surface area contributed by atoms with Crippen molar-refractivity contribution in [2.75, 3.05) is 6.61 Å². The van der Waals surface area contributed by atoms with Gasteiger partial charge in [-0.3, -0.25) is 9.59 Å². The van der Waals surface area contributed by atoms with Crippen LogP contribution in [0.4, 0.5) is 0 Å². The molecule has 2 N–H and O–H groups in total. The molecule has 1 amide bonds. The molecular formula is C17H32N2O3. The normalized spacial score (nSPS) is 23.7. The van der Waals surface area contributed by atoms with Gasteiger partial charge in [0, 0.05) is 6.04 Å². The van der Waals surface area contributed by atoms with Crippen molar-refractivity contribution in [3.8, 4) is 0 Å². The Balaban J connectivity index is 2.78. The monoisotopic (exact) mass is 312 g/mol. The summed E-state index contributed by atoms with van der Waals surface area (Å²) in [5.41, 5.74) is -0.703. The number of carbonyl (C=O) groups excluding carboxylic acids is 2. The molecule has 0 bridgehead atoms. The summed E-state index contributed by atoms with van der Waals surface area (Å²) < 4.78 is 5.26. The van der Waals surface area contributed by atoms with Gasteiger partial charge in [-0.1, -0.05) is 41.5 Å². The van der Waals surface area contributed by atoms with Crippen LogP contribution < -0.4 is 10.6 Å². The first-order valence-corrected chi connectivity index (χ1v) is 8.31. The number of ether oxygens (including phenoxy) is 1. The summed E-state index contributed by atoms with van der Waals surface area (Å²) in [6, 6.07) is -0.563. The number of carbonyl (C=O) groups is 2. The average molecular weight is 312 g/mol. The molecule has 1 saturated heterocycles. The van der Waals surface area contributed by atoms with Crippen LogP contribution in [0.15, 0.2) is 0 Å². The molecular weight excluding hydrogens is 280 g/mol. The molecule has 0 spiro atoms. The lowest BCUT2D eigenvalue weighted by Crippen LogP contribution is -2.55. The molecule has 0 radical (unpaired) electrons. The molecule has 1 heterocycles. The maximum Gasteiger partial charge on any atom is 0.237 e. The number of ketones is 1. The van der Waals surface area contributed by atoms with Gasteiger partial charge >= 0.3 is 0 Å². The van der Waals surface area contributed by atoms with Crippen LogP contribution in [-0.4, -0.2) is 42.0 Å². The molecule has 0 aliphatic carbocycles. The summed E-state index contributed by atoms with van der Waals surface area (Å²) >= 11 is 0. The van der Waals surface area contributed by atoms with E-state index in [1.807, 2.05) is 27.7 Å². The SMILES string of the molecule is CC(C)C[C@H](NC(=O)[C@@H](NC(C)C)C(C)C)C(=O)[C@@]1(C)CO1. The predicted octanol–water partition coefficient (Wildman–Crippen LogP) is 1.90. The van der Waals surface area contributed by atoms with E-state index in [4.69, 9.17) is 4.74 Å². The largest absolute Gasteiger partial charge is 0.361 e. The van der Waals surface area contributed by atoms with E-state index >= 15 is 0 Å². The zero-order chi connectivity index (χ0) is 17.1. The second kappa shape index (κ2) is 7.55. The van der Waals surface area contributed by atoms with Crippen molar-refractivity contribution in [3.05, 3.63) is 0 Å². The number of Topliss-reactive ketones (excluding diaryl/α,β-unsaturated/α-hetero) is 1. The molecule has 0 aromatic rings. The van der Waals surface area contributed by atoms with E-state index in [-0.39, 0.29) is 29.7 Å². The van der Waals surface area contributed by atoms with E-state index in [2.05, 4.69) is 24.5 Å². The smallest absolute Gasteiger partial charge is 0.237 e. The summed E-state index contributed by atoms with van der Waals surface area (Å²) in [7, 11) is 0. The molecule has 5 nitrogen and oxygen atoms in total. The molecule has 0 unspecified atom stereocenters. The lowest BCUT2D eigenvalue weighted by Gasteiger charge is -2.28. The van der Waals surface area contributed by atoms with Crippen LogP contribution in [0.2, 0.25) is 0 Å². The minimum Gasteiger partial charge on any atom is -0.361 e. The van der Waals surface area contributed by atoms with E-state index in [0.717, 1.165) is 0 Å². The van der Waals surface area contributed by atoms with Gasteiger partial charge in [0.1, 0.15) is 5.60 Å². The summed E-state index contributed by atoms with van der Waals surface area (Å²) in [6.07, 6.45) is 0.635. The van der Waals surface area contributed by atoms with Crippen LogP contribution in [-0.2, 0) is 14.3 Å². The van der Waals surface area contributed by atoms with Gasteiger partial charge in [0.15, 0.2) is 5.78 Å². The Labute approximate surface area is 134 Å². The van der Waals surface area contributed by atoms with Gasteiger partial charge in [0.25, 0.3) is 0 Å². The maximum absolute atomic E-state index is 12.6. The van der Waals surface area contributed by atoms with Crippen LogP contribution in [0.3, 0.4) is 0 Å². The Morgan fingerprint density at radius 3 is 2.05 bits per heavy atom. The number of hydrogen-bond acceptors (Lipinski definition) is 4. The Morgan fingerprint density at radius 1 is 1.14 bits per heavy atom. The van der Waals surface area contributed by atoms with Crippen molar-refractivity contribution in [1.29, 1.82) is 0 Å². The molecule has 0 saturated carbocycles. The Bertz CT molecular complexity index is 401. The topological polar surface area (TPSA) is 70.7 Å². The Morgan fingerprint density at radius 2 is 1.68 bits per heavy atom. The van der Waals surface area contributed by atoms with Crippen molar-refractivity contribution in [1.82, 2.24) is 10.6 Å². The second-order valence-corrected chi connectivity index (χ2v) is 7.62. The van der Waals surface area contributed by atoms with Gasteiger partial charge < -0.3 is 15.4 Å². The van der Waals surface area contributed by atoms with Gasteiger partial charge in [0.2, 0.25) is 5.91 Å². The summed E-state index contributed by atoms with van der Waals surface area (Å²) in [4.78, 5) is 25.2. The van der Waals surface area contributed by atoms with Gasteiger partial charge in [-0.2, -0.15) is 0 Å². The first-order chi connectivity index (χ1) is 10.1. The quantitative estimate of drug-likeness (QED) is 0.638. The average Bonchev–Trinajstić information content (AvgIpc) is 3.12. The lowest BCUT2D eigenvalue weighted by molar-refractivity contribution is -0.132. The molecule has 5 heteroatoms. The lowest BCUT2D eigenvalue weighted by atomic mass is 9.92. The maximum atomic E-state index is 12.6. The third-order valence-corrected chi connectivity index (χ3v) is 3.90. The molecule has 22 heavy (non-hydrogen) atoms. The van der Waals surface area contributed by atoms with Crippen LogP contribution >= 0.6 is 0 Å². The zero-order valence-corrected chi connectivity index (χ0v) is 15.0. The van der Waals surface area contributed by atoms with E-state index < -0.39 is 11.6 Å². The number of nitrogens with one attached hydrogen (secondary N) is 2. The highest BCUT2D eigenvalue weighted by atomic mass is 16.6. The highest BCUT2D eigenvalue weighted by Gasteiger charge is 2.50. The third kappa shape index (κ3) is 5.36. The molecule has 0 aromatic heterocycles. The van der Waals surface area contributed by atoms with E-state index in [1.165, 1.54) is 0 Å². The molecule has 0 aromatic carbocycles. The van der Waals surface area contributed by atoms with Gasteiger partial charge in [0.05, 0.1) is 18.7 Å². The van der Waals surface area contributed by atoms with Gasteiger partial charge in [-0.15, -0.1) is 0 Å². The second-order valence-electron chi connectivity index (χ2n) is 7.62. The highest BCUT2D eigenvalue weighted by molar-refractivity contribution is 5.97. The van der Waals surface area contributed by atoms with Crippen molar-refractivity contribution in [2.45, 2.75) is 78.6 Å². The van der Waals surface area contributed by atoms with Crippen LogP contribution in [0.25, 0.3) is 0 Å². The van der Waals surface area contributed by atoms with Gasteiger partial charge in [-0.05, 0) is 25.2 Å². The first-order valence-electron chi connectivity index (χ1n) is 8.31. The van der Waals surface area contributed by atoms with E-state index in [9.17, 15) is 9.59 Å². The molecule has 1 rings (SSSR count). The fourth-order valence-corrected chi connectivity index (χ4v) is 2.51. The zero-order valence-electron chi connectivity index (χ0n) is 15.0. The molecule has 128 valence electrons. The van der Waals surface area contributed by atoms with Crippen LogP contribution in [0, 0.1) is 11.8 Å². The first kappa shape index (κ1) is 19.1. The highest BCUT2D eigenvalue weighted by Crippen LogP contribution is 2.29. The van der Waals surface area contributed by atoms with E-state index in [0.29, 0.717) is 18.9 Å². The summed E-state index contributed by atoms with van der Waals surface area (Å²) in [5, 5.41) is 6.23. The fraction of sp³-hybridized carbons (Fsp3) is 0.882. The van der Waals surface area contributed by atoms with Crippen molar-refractivity contribution in [3.63, 3.8) is 0 Å². The minimum atomic E-state index is -0.703. The van der Waals surface area contributed by atoms with Crippen molar-refractivity contribution >= 4 is 11.7 Å². The Hall–Kier alpha value is -0.940. The number of epoxide rings is 1. The van der Waals surface area contributed by atoms with Crippen molar-refractivity contribution < 1.29 is 14.3 Å². The number of amides is 1. The summed E-state index contributed by atoms with van der Waals surface area (Å²) in [5.74, 6) is 0.366. The number of rotatable bonds is 9. The fourth-order valence-electron chi connectivity index (χ4n) is 2.51. The molecule has 1 fully saturated rings. The summed E-state index contributed by atoms with van der Waals surface area (Å²) in [6.45, 7) is 14.4. The molecule has 1 aliphatic heterocycles. The minimum absolute atomic E-state index is 0.0124.